The largest absolute Gasteiger partial charge is 0.488 e. The molecule has 2 aromatic rings. The van der Waals surface area contributed by atoms with Crippen LogP contribution in [0, 0.1) is 0 Å². The van der Waals surface area contributed by atoms with Crippen molar-refractivity contribution in [2.24, 2.45) is 5.73 Å². The monoisotopic (exact) mass is 348 g/mol. The molecule has 0 saturated carbocycles. The smallest absolute Gasteiger partial charge is 0.252 e. The minimum Gasteiger partial charge on any atom is -0.488 e. The topological polar surface area (TPSA) is 90.7 Å². The molecule has 0 aliphatic heterocycles. The number of rotatable bonds is 8. The van der Waals surface area contributed by atoms with E-state index in [1.165, 1.54) is 14.0 Å². The molecule has 0 spiro atoms. The Morgan fingerprint density at radius 1 is 1.29 bits per heavy atom. The number of amides is 2. The van der Waals surface area contributed by atoms with Crippen molar-refractivity contribution in [3.8, 4) is 5.75 Å². The zero-order chi connectivity index (χ0) is 17.6. The fourth-order valence-electron chi connectivity index (χ4n) is 2.06. The number of thiophene rings is 1. The van der Waals surface area contributed by atoms with Crippen molar-refractivity contribution in [2.75, 3.05) is 13.7 Å². The van der Waals surface area contributed by atoms with Gasteiger partial charge in [0.25, 0.3) is 5.91 Å². The Morgan fingerprint density at radius 2 is 2.08 bits per heavy atom. The van der Waals surface area contributed by atoms with E-state index in [4.69, 9.17) is 15.2 Å². The quantitative estimate of drug-likeness (QED) is 0.763. The third-order valence-corrected chi connectivity index (χ3v) is 4.27. The van der Waals surface area contributed by atoms with E-state index in [0.717, 1.165) is 4.88 Å². The van der Waals surface area contributed by atoms with E-state index < -0.39 is 17.4 Å². The number of carbonyl (C=O) groups is 2. The van der Waals surface area contributed by atoms with Gasteiger partial charge in [0.05, 0.1) is 6.61 Å². The minimum atomic E-state index is -1.28. The molecule has 0 aliphatic rings. The van der Waals surface area contributed by atoms with Crippen LogP contribution in [0.5, 0.6) is 5.75 Å². The molecule has 0 saturated heterocycles. The van der Waals surface area contributed by atoms with Crippen LogP contribution in [0.2, 0.25) is 0 Å². The number of nitrogens with one attached hydrogen (secondary N) is 1. The molecule has 1 aromatic carbocycles. The SMILES string of the molecule is COCC(C)(NC(=O)c1cccc(OCc2cccs2)c1)C(N)=O. The summed E-state index contributed by atoms with van der Waals surface area (Å²) in [7, 11) is 1.44. The Hall–Kier alpha value is -2.38. The van der Waals surface area contributed by atoms with Crippen molar-refractivity contribution < 1.29 is 19.1 Å². The van der Waals surface area contributed by atoms with Crippen molar-refractivity contribution in [1.29, 1.82) is 0 Å². The summed E-state index contributed by atoms with van der Waals surface area (Å²) in [5.41, 5.74) is 4.46. The van der Waals surface area contributed by atoms with Gasteiger partial charge in [-0.15, -0.1) is 11.3 Å². The molecule has 7 heteroatoms. The van der Waals surface area contributed by atoms with E-state index in [1.54, 1.807) is 35.6 Å². The number of benzene rings is 1. The van der Waals surface area contributed by atoms with Gasteiger partial charge >= 0.3 is 0 Å². The second kappa shape index (κ2) is 7.94. The fraction of sp³-hybridized carbons (Fsp3) is 0.294. The highest BCUT2D eigenvalue weighted by molar-refractivity contribution is 7.09. The third-order valence-electron chi connectivity index (χ3n) is 3.42. The lowest BCUT2D eigenvalue weighted by Gasteiger charge is -2.26. The highest BCUT2D eigenvalue weighted by Crippen LogP contribution is 2.18. The summed E-state index contributed by atoms with van der Waals surface area (Å²) in [6, 6.07) is 10.7. The number of hydrogen-bond donors (Lipinski definition) is 2. The van der Waals surface area contributed by atoms with Gasteiger partial charge in [0, 0.05) is 17.6 Å². The molecule has 1 aromatic heterocycles. The number of hydrogen-bond acceptors (Lipinski definition) is 5. The summed E-state index contributed by atoms with van der Waals surface area (Å²) < 4.78 is 10.6. The Bertz CT molecular complexity index is 702. The molecule has 128 valence electrons. The highest BCUT2D eigenvalue weighted by Gasteiger charge is 2.33. The van der Waals surface area contributed by atoms with Crippen molar-refractivity contribution in [3.05, 3.63) is 52.2 Å². The average Bonchev–Trinajstić information content (AvgIpc) is 3.06. The van der Waals surface area contributed by atoms with Crippen LogP contribution < -0.4 is 15.8 Å². The summed E-state index contributed by atoms with van der Waals surface area (Å²) in [4.78, 5) is 25.1. The molecule has 1 heterocycles. The van der Waals surface area contributed by atoms with Gasteiger partial charge < -0.3 is 20.5 Å². The fourth-order valence-corrected chi connectivity index (χ4v) is 2.67. The van der Waals surface area contributed by atoms with Crippen LogP contribution >= 0.6 is 11.3 Å². The van der Waals surface area contributed by atoms with Crippen molar-refractivity contribution in [3.63, 3.8) is 0 Å². The molecule has 3 N–H and O–H groups in total. The average molecular weight is 348 g/mol. The molecule has 1 unspecified atom stereocenters. The third kappa shape index (κ3) is 4.56. The molecule has 0 aliphatic carbocycles. The van der Waals surface area contributed by atoms with Gasteiger partial charge in [-0.05, 0) is 36.6 Å². The van der Waals surface area contributed by atoms with Crippen molar-refractivity contribution in [1.82, 2.24) is 5.32 Å². The van der Waals surface area contributed by atoms with Gasteiger partial charge in [0.2, 0.25) is 5.91 Å². The van der Waals surface area contributed by atoms with Crippen LogP contribution in [0.3, 0.4) is 0 Å². The van der Waals surface area contributed by atoms with Gasteiger partial charge in [-0.3, -0.25) is 9.59 Å². The molecular formula is C17H20N2O4S. The Morgan fingerprint density at radius 3 is 2.71 bits per heavy atom. The van der Waals surface area contributed by atoms with Crippen LogP contribution in [0.1, 0.15) is 22.2 Å². The summed E-state index contributed by atoms with van der Waals surface area (Å²) in [6.07, 6.45) is 0. The van der Waals surface area contributed by atoms with E-state index in [0.29, 0.717) is 17.9 Å². The van der Waals surface area contributed by atoms with E-state index in [2.05, 4.69) is 5.32 Å². The standard InChI is InChI=1S/C17H20N2O4S/c1-17(11-22-2,16(18)21)19-15(20)12-5-3-6-13(9-12)23-10-14-7-4-8-24-14/h3-9H,10-11H2,1-2H3,(H2,18,21)(H,19,20). The van der Waals surface area contributed by atoms with Crippen LogP contribution in [0.25, 0.3) is 0 Å². The maximum Gasteiger partial charge on any atom is 0.252 e. The maximum absolute atomic E-state index is 12.4. The second-order valence-corrected chi connectivity index (χ2v) is 6.51. The summed E-state index contributed by atoms with van der Waals surface area (Å²) in [5, 5.41) is 4.59. The van der Waals surface area contributed by atoms with Crippen LogP contribution in [0.4, 0.5) is 0 Å². The summed E-state index contributed by atoms with van der Waals surface area (Å²) in [6.45, 7) is 1.95. The van der Waals surface area contributed by atoms with Crippen LogP contribution in [-0.4, -0.2) is 31.1 Å². The molecule has 0 bridgehead atoms. The molecule has 6 nitrogen and oxygen atoms in total. The number of primary amides is 1. The summed E-state index contributed by atoms with van der Waals surface area (Å²) >= 11 is 1.60. The van der Waals surface area contributed by atoms with E-state index in [9.17, 15) is 9.59 Å². The second-order valence-electron chi connectivity index (χ2n) is 5.48. The van der Waals surface area contributed by atoms with Crippen LogP contribution in [-0.2, 0) is 16.1 Å². The van der Waals surface area contributed by atoms with Gasteiger partial charge in [0.1, 0.15) is 17.9 Å². The van der Waals surface area contributed by atoms with Crippen molar-refractivity contribution >= 4 is 23.2 Å². The van der Waals surface area contributed by atoms with Crippen LogP contribution in [0.15, 0.2) is 41.8 Å². The molecule has 0 radical (unpaired) electrons. The number of methoxy groups -OCH3 is 1. The first-order valence-electron chi connectivity index (χ1n) is 7.31. The molecule has 2 amide bonds. The zero-order valence-electron chi connectivity index (χ0n) is 13.6. The molecule has 1 atom stereocenters. The van der Waals surface area contributed by atoms with E-state index in [1.807, 2.05) is 17.5 Å². The predicted molar refractivity (Wildman–Crippen MR) is 92.0 cm³/mol. The van der Waals surface area contributed by atoms with Gasteiger partial charge in [-0.1, -0.05) is 12.1 Å². The number of nitrogens with two attached hydrogens (primary N) is 1. The van der Waals surface area contributed by atoms with Gasteiger partial charge in [-0.2, -0.15) is 0 Å². The lowest BCUT2D eigenvalue weighted by Crippen LogP contribution is -2.58. The highest BCUT2D eigenvalue weighted by atomic mass is 32.1. The Balaban J connectivity index is 2.06. The zero-order valence-corrected chi connectivity index (χ0v) is 14.4. The van der Waals surface area contributed by atoms with Gasteiger partial charge in [0.15, 0.2) is 0 Å². The molecule has 0 fully saturated rings. The predicted octanol–water partition coefficient (Wildman–Crippen LogP) is 1.95. The number of carbonyl (C=O) groups excluding carboxylic acids is 2. The first-order chi connectivity index (χ1) is 11.4. The Kier molecular flexibility index (Phi) is 5.94. The first-order valence-corrected chi connectivity index (χ1v) is 8.19. The Labute approximate surface area is 144 Å². The maximum atomic E-state index is 12.4. The minimum absolute atomic E-state index is 0.0113. The lowest BCUT2D eigenvalue weighted by atomic mass is 10.0. The normalized spacial score (nSPS) is 13.1. The van der Waals surface area contributed by atoms with E-state index in [-0.39, 0.29) is 6.61 Å². The lowest BCUT2D eigenvalue weighted by molar-refractivity contribution is -0.125. The van der Waals surface area contributed by atoms with Crippen molar-refractivity contribution in [2.45, 2.75) is 19.1 Å². The molecule has 2 rings (SSSR count). The molecular weight excluding hydrogens is 328 g/mol. The van der Waals surface area contributed by atoms with E-state index >= 15 is 0 Å². The first kappa shape index (κ1) is 18.0. The summed E-state index contributed by atoms with van der Waals surface area (Å²) in [5.74, 6) is -0.513. The van der Waals surface area contributed by atoms with Gasteiger partial charge in [-0.25, -0.2) is 0 Å². The molecule has 24 heavy (non-hydrogen) atoms. The number of ether oxygens (including phenoxy) is 2.